The van der Waals surface area contributed by atoms with E-state index >= 15 is 0 Å². The molecule has 174 valence electrons. The zero-order valence-electron chi connectivity index (χ0n) is 20.8. The number of fused-ring (bicyclic) bond motifs is 5. The van der Waals surface area contributed by atoms with Crippen LogP contribution in [0.2, 0.25) is 0 Å². The van der Waals surface area contributed by atoms with Crippen molar-refractivity contribution in [2.24, 2.45) is 46.3 Å². The molecule has 4 aliphatic carbocycles. The van der Waals surface area contributed by atoms with Crippen LogP contribution >= 0.6 is 0 Å². The Morgan fingerprint density at radius 3 is 2.52 bits per heavy atom. The van der Waals surface area contributed by atoms with Gasteiger partial charge >= 0.3 is 0 Å². The van der Waals surface area contributed by atoms with Crippen LogP contribution in [0, 0.1) is 46.3 Å². The molecule has 2 nitrogen and oxygen atoms in total. The summed E-state index contributed by atoms with van der Waals surface area (Å²) in [6.45, 7) is 14.0. The Balaban J connectivity index is 1.31. The number of allylic oxidation sites excluding steroid dienone is 4. The Labute approximate surface area is 191 Å². The van der Waals surface area contributed by atoms with Gasteiger partial charge in [0.1, 0.15) is 0 Å². The molecule has 1 heterocycles. The largest absolute Gasteiger partial charge is 0.348 e. The monoisotopic (exact) mass is 426 g/mol. The Morgan fingerprint density at radius 2 is 1.77 bits per heavy atom. The van der Waals surface area contributed by atoms with Crippen LogP contribution < -0.4 is 0 Å². The van der Waals surface area contributed by atoms with Gasteiger partial charge in [-0.1, -0.05) is 58.4 Å². The highest BCUT2D eigenvalue weighted by atomic mass is 16.7. The molecule has 7 atom stereocenters. The highest BCUT2D eigenvalue weighted by Gasteiger charge is 2.61. The van der Waals surface area contributed by atoms with E-state index in [0.717, 1.165) is 55.6 Å². The number of hydrogen-bond donors (Lipinski definition) is 0. The fourth-order valence-corrected chi connectivity index (χ4v) is 8.92. The average Bonchev–Trinajstić information content (AvgIpc) is 3.32. The molecule has 0 unspecified atom stereocenters. The van der Waals surface area contributed by atoms with Crippen LogP contribution in [0.15, 0.2) is 23.8 Å². The first kappa shape index (κ1) is 22.2. The molecule has 2 heteroatoms. The summed E-state index contributed by atoms with van der Waals surface area (Å²) in [7, 11) is 0. The molecule has 5 rings (SSSR count). The predicted octanol–water partition coefficient (Wildman–Crippen LogP) is 7.55. The van der Waals surface area contributed by atoms with Gasteiger partial charge in [0.05, 0.1) is 13.2 Å². The summed E-state index contributed by atoms with van der Waals surface area (Å²) in [6, 6.07) is 0. The fraction of sp³-hybridized carbons (Fsp3) is 0.862. The molecule has 0 radical (unpaired) electrons. The van der Waals surface area contributed by atoms with Crippen molar-refractivity contribution in [3.63, 3.8) is 0 Å². The van der Waals surface area contributed by atoms with Crippen LogP contribution in [-0.2, 0) is 9.47 Å². The second-order valence-corrected chi connectivity index (χ2v) is 12.7. The van der Waals surface area contributed by atoms with Gasteiger partial charge in [0, 0.05) is 12.8 Å². The smallest absolute Gasteiger partial charge is 0.168 e. The van der Waals surface area contributed by atoms with E-state index in [-0.39, 0.29) is 5.79 Å². The molecule has 1 saturated heterocycles. The van der Waals surface area contributed by atoms with E-state index in [1.54, 1.807) is 5.57 Å². The van der Waals surface area contributed by atoms with Crippen LogP contribution in [0.4, 0.5) is 0 Å². The van der Waals surface area contributed by atoms with Gasteiger partial charge in [-0.25, -0.2) is 0 Å². The van der Waals surface area contributed by atoms with Crippen molar-refractivity contribution in [1.29, 1.82) is 0 Å². The maximum Gasteiger partial charge on any atom is 0.168 e. The van der Waals surface area contributed by atoms with E-state index in [1.165, 1.54) is 44.9 Å². The van der Waals surface area contributed by atoms with Crippen molar-refractivity contribution >= 4 is 0 Å². The van der Waals surface area contributed by atoms with Crippen LogP contribution in [0.25, 0.3) is 0 Å². The van der Waals surface area contributed by atoms with E-state index in [0.29, 0.717) is 16.7 Å². The van der Waals surface area contributed by atoms with Gasteiger partial charge in [-0.2, -0.15) is 0 Å². The minimum atomic E-state index is -0.222. The van der Waals surface area contributed by atoms with Gasteiger partial charge in [-0.15, -0.1) is 0 Å². The van der Waals surface area contributed by atoms with E-state index in [9.17, 15) is 0 Å². The number of ether oxygens (including phenoxy) is 2. The first-order chi connectivity index (χ1) is 14.8. The zero-order valence-corrected chi connectivity index (χ0v) is 20.8. The lowest BCUT2D eigenvalue weighted by Crippen LogP contribution is -2.56. The van der Waals surface area contributed by atoms with Crippen molar-refractivity contribution in [2.45, 2.75) is 98.2 Å². The molecule has 0 amide bonds. The summed E-state index contributed by atoms with van der Waals surface area (Å²) in [5.74, 6) is 4.61. The Bertz CT molecular complexity index is 729. The van der Waals surface area contributed by atoms with Gasteiger partial charge in [0.15, 0.2) is 5.79 Å². The van der Waals surface area contributed by atoms with Crippen LogP contribution in [0.3, 0.4) is 0 Å². The van der Waals surface area contributed by atoms with Crippen molar-refractivity contribution in [3.05, 3.63) is 23.8 Å². The van der Waals surface area contributed by atoms with E-state index in [4.69, 9.17) is 9.47 Å². The molecule has 5 aliphatic rings. The van der Waals surface area contributed by atoms with Crippen LogP contribution in [-0.4, -0.2) is 19.0 Å². The third kappa shape index (κ3) is 3.59. The summed E-state index contributed by atoms with van der Waals surface area (Å²) in [5, 5.41) is 0. The molecule has 3 saturated carbocycles. The normalized spacial score (nSPS) is 44.9. The third-order valence-electron chi connectivity index (χ3n) is 10.6. The Hall–Kier alpha value is -0.600. The van der Waals surface area contributed by atoms with Crippen molar-refractivity contribution in [1.82, 2.24) is 0 Å². The Kier molecular flexibility index (Phi) is 5.74. The van der Waals surface area contributed by atoms with Crippen molar-refractivity contribution in [3.8, 4) is 0 Å². The quantitative estimate of drug-likeness (QED) is 0.432. The summed E-state index contributed by atoms with van der Waals surface area (Å²) >= 11 is 0. The fourth-order valence-electron chi connectivity index (χ4n) is 8.92. The standard InChI is InChI=1S/C29H46O2/c1-20(2)7-6-8-21(3)24-11-12-25-23-10-9-22-19-29(30-17-18-31-29)16-15-27(22,4)26(23)13-14-28(24,25)5/h6,8,11,20-23,25-26H,7,9-10,12-19H2,1-5H3/b8-6+/t21-,22-,23+,25+,26+,27+,28-/m1/s1. The zero-order chi connectivity index (χ0) is 21.9. The average molecular weight is 427 g/mol. The second kappa shape index (κ2) is 8.01. The van der Waals surface area contributed by atoms with Crippen LogP contribution in [0.5, 0.6) is 0 Å². The molecular weight excluding hydrogens is 380 g/mol. The summed E-state index contributed by atoms with van der Waals surface area (Å²) in [6.07, 6.45) is 19.4. The van der Waals surface area contributed by atoms with E-state index < -0.39 is 0 Å². The highest BCUT2D eigenvalue weighted by molar-refractivity contribution is 5.29. The topological polar surface area (TPSA) is 18.5 Å². The first-order valence-electron chi connectivity index (χ1n) is 13.4. The maximum atomic E-state index is 6.15. The van der Waals surface area contributed by atoms with Gasteiger partial charge < -0.3 is 9.47 Å². The third-order valence-corrected chi connectivity index (χ3v) is 10.6. The molecule has 31 heavy (non-hydrogen) atoms. The van der Waals surface area contributed by atoms with E-state index in [2.05, 4.69) is 52.8 Å². The molecule has 0 aromatic rings. The van der Waals surface area contributed by atoms with Gasteiger partial charge in [-0.05, 0) is 91.3 Å². The minimum Gasteiger partial charge on any atom is -0.348 e. The molecule has 0 aromatic carbocycles. The predicted molar refractivity (Wildman–Crippen MR) is 128 cm³/mol. The molecule has 0 N–H and O–H groups in total. The van der Waals surface area contributed by atoms with Crippen molar-refractivity contribution < 1.29 is 9.47 Å². The first-order valence-corrected chi connectivity index (χ1v) is 13.4. The maximum absolute atomic E-state index is 6.15. The van der Waals surface area contributed by atoms with Crippen LogP contribution in [0.1, 0.15) is 92.4 Å². The number of rotatable bonds is 4. The van der Waals surface area contributed by atoms with Gasteiger partial charge in [0.25, 0.3) is 0 Å². The molecular formula is C29H46O2. The lowest BCUT2D eigenvalue weighted by Gasteiger charge is -2.62. The van der Waals surface area contributed by atoms with Gasteiger partial charge in [-0.3, -0.25) is 0 Å². The summed E-state index contributed by atoms with van der Waals surface area (Å²) in [4.78, 5) is 0. The minimum absolute atomic E-state index is 0.222. The second-order valence-electron chi connectivity index (χ2n) is 12.7. The molecule has 0 aromatic heterocycles. The van der Waals surface area contributed by atoms with Crippen molar-refractivity contribution in [2.75, 3.05) is 13.2 Å². The van der Waals surface area contributed by atoms with Gasteiger partial charge in [0.2, 0.25) is 0 Å². The molecule has 0 bridgehead atoms. The molecule has 4 fully saturated rings. The summed E-state index contributed by atoms with van der Waals surface area (Å²) in [5.41, 5.74) is 2.69. The highest BCUT2D eigenvalue weighted by Crippen LogP contribution is 2.68. The molecule has 1 aliphatic heterocycles. The van der Waals surface area contributed by atoms with E-state index in [1.807, 2.05) is 0 Å². The lowest BCUT2D eigenvalue weighted by atomic mass is 9.44. The Morgan fingerprint density at radius 1 is 1.00 bits per heavy atom. The summed E-state index contributed by atoms with van der Waals surface area (Å²) < 4.78 is 12.3. The SMILES string of the molecule is CC(C)C/C=C/[C@@H](C)C1=CC[C@H]2[C@@H]3CC[C@@H]4CC5(CC[C@]4(C)[C@H]3CC[C@]12C)OCCO5. The molecule has 1 spiro atoms. The lowest BCUT2D eigenvalue weighted by molar-refractivity contribution is -0.228. The number of hydrogen-bond acceptors (Lipinski definition) is 2.